The number of nitrogens with zero attached hydrogens (tertiary/aromatic N) is 3. The van der Waals surface area contributed by atoms with Gasteiger partial charge in [0.25, 0.3) is 0 Å². The van der Waals surface area contributed by atoms with Crippen LogP contribution in [0, 0.1) is 22.9 Å². The number of halogens is 3. The van der Waals surface area contributed by atoms with E-state index in [9.17, 15) is 14.5 Å². The highest BCUT2D eigenvalue weighted by Gasteiger charge is 2.24. The summed E-state index contributed by atoms with van der Waals surface area (Å²) in [5, 5.41) is 10.7. The lowest BCUT2D eigenvalue weighted by molar-refractivity contribution is -0.386. The topological polar surface area (TPSA) is 78.2 Å². The average Bonchev–Trinajstić information content (AvgIpc) is 2.32. The quantitative estimate of drug-likeness (QED) is 0.487. The summed E-state index contributed by atoms with van der Waals surface area (Å²) in [5.41, 5.74) is -0.399. The van der Waals surface area contributed by atoms with Gasteiger partial charge in [0.2, 0.25) is 5.28 Å². The van der Waals surface area contributed by atoms with E-state index in [0.717, 1.165) is 6.07 Å². The highest BCUT2D eigenvalue weighted by molar-refractivity contribution is 6.30. The third-order valence-electron chi connectivity index (χ3n) is 2.29. The second-order valence-electron chi connectivity index (χ2n) is 3.67. The highest BCUT2D eigenvalue weighted by atomic mass is 35.5. The standard InChI is InChI=1S/C11H6Cl2FN3O3/c1-5-9(17(18)19)10(16-11(13)15-5)20-6-2-3-7(12)8(14)4-6/h2-4H,1H3. The lowest BCUT2D eigenvalue weighted by Gasteiger charge is -2.07. The van der Waals surface area contributed by atoms with Gasteiger partial charge in [-0.05, 0) is 30.7 Å². The van der Waals surface area contributed by atoms with Gasteiger partial charge in [-0.2, -0.15) is 4.98 Å². The van der Waals surface area contributed by atoms with Gasteiger partial charge in [-0.15, -0.1) is 0 Å². The van der Waals surface area contributed by atoms with E-state index < -0.39 is 16.4 Å². The Balaban J connectivity index is 2.47. The predicted octanol–water partition coefficient (Wildman–Crippen LogP) is 3.93. The van der Waals surface area contributed by atoms with Crippen molar-refractivity contribution in [3.8, 4) is 11.6 Å². The van der Waals surface area contributed by atoms with Crippen LogP contribution in [-0.4, -0.2) is 14.9 Å². The zero-order chi connectivity index (χ0) is 14.9. The summed E-state index contributed by atoms with van der Waals surface area (Å²) >= 11 is 11.2. The summed E-state index contributed by atoms with van der Waals surface area (Å²) in [4.78, 5) is 17.6. The molecule has 0 atom stereocenters. The second kappa shape index (κ2) is 5.56. The van der Waals surface area contributed by atoms with Crippen LogP contribution in [0.15, 0.2) is 18.2 Å². The molecule has 6 nitrogen and oxygen atoms in total. The monoisotopic (exact) mass is 317 g/mol. The van der Waals surface area contributed by atoms with Crippen LogP contribution in [0.2, 0.25) is 10.3 Å². The number of nitro groups is 1. The third kappa shape index (κ3) is 2.94. The fourth-order valence-corrected chi connectivity index (χ4v) is 1.76. The third-order valence-corrected chi connectivity index (χ3v) is 2.76. The molecule has 2 rings (SSSR count). The summed E-state index contributed by atoms with van der Waals surface area (Å²) in [6, 6.07) is 3.59. The van der Waals surface area contributed by atoms with Crippen molar-refractivity contribution in [1.29, 1.82) is 0 Å². The number of aryl methyl sites for hydroxylation is 1. The molecule has 1 aromatic heterocycles. The van der Waals surface area contributed by atoms with Gasteiger partial charge in [-0.1, -0.05) is 11.6 Å². The number of rotatable bonds is 3. The zero-order valence-corrected chi connectivity index (χ0v) is 11.4. The first kappa shape index (κ1) is 14.4. The minimum absolute atomic E-state index is 0.00386. The van der Waals surface area contributed by atoms with Gasteiger partial charge in [0.15, 0.2) is 0 Å². The lowest BCUT2D eigenvalue weighted by Crippen LogP contribution is -2.01. The van der Waals surface area contributed by atoms with Gasteiger partial charge in [-0.25, -0.2) is 9.37 Å². The van der Waals surface area contributed by atoms with E-state index in [0.29, 0.717) is 0 Å². The van der Waals surface area contributed by atoms with Gasteiger partial charge < -0.3 is 4.74 Å². The van der Waals surface area contributed by atoms with E-state index in [1.54, 1.807) is 0 Å². The number of hydrogen-bond donors (Lipinski definition) is 0. The van der Waals surface area contributed by atoms with Crippen LogP contribution in [-0.2, 0) is 0 Å². The molecule has 0 saturated carbocycles. The maximum atomic E-state index is 13.3. The van der Waals surface area contributed by atoms with Gasteiger partial charge in [0.1, 0.15) is 17.3 Å². The molecule has 0 fully saturated rings. The van der Waals surface area contributed by atoms with Crippen molar-refractivity contribution in [1.82, 2.24) is 9.97 Å². The molecule has 0 bridgehead atoms. The normalized spacial score (nSPS) is 10.4. The van der Waals surface area contributed by atoms with Crippen molar-refractivity contribution >= 4 is 28.9 Å². The van der Waals surface area contributed by atoms with Crippen LogP contribution < -0.4 is 4.74 Å². The number of ether oxygens (including phenoxy) is 1. The second-order valence-corrected chi connectivity index (χ2v) is 4.41. The van der Waals surface area contributed by atoms with Crippen molar-refractivity contribution in [2.75, 3.05) is 0 Å². The number of aromatic nitrogens is 2. The minimum atomic E-state index is -0.719. The fraction of sp³-hybridized carbons (Fsp3) is 0.0909. The molecule has 0 aliphatic heterocycles. The molecule has 1 heterocycles. The Morgan fingerprint density at radius 3 is 2.65 bits per heavy atom. The molecule has 2 aromatic rings. The predicted molar refractivity (Wildman–Crippen MR) is 69.9 cm³/mol. The molecule has 0 aliphatic rings. The van der Waals surface area contributed by atoms with E-state index in [1.165, 1.54) is 19.1 Å². The van der Waals surface area contributed by atoms with Gasteiger partial charge in [-0.3, -0.25) is 10.1 Å². The van der Waals surface area contributed by atoms with Crippen LogP contribution >= 0.6 is 23.2 Å². The van der Waals surface area contributed by atoms with Crippen molar-refractivity contribution < 1.29 is 14.1 Å². The van der Waals surface area contributed by atoms with Crippen molar-refractivity contribution in [3.05, 3.63) is 50.1 Å². The highest BCUT2D eigenvalue weighted by Crippen LogP contribution is 2.33. The van der Waals surface area contributed by atoms with Crippen molar-refractivity contribution in [3.63, 3.8) is 0 Å². The summed E-state index contributed by atoms with van der Waals surface area (Å²) in [6.07, 6.45) is 0. The number of benzene rings is 1. The smallest absolute Gasteiger partial charge is 0.352 e. The Kier molecular flexibility index (Phi) is 4.01. The van der Waals surface area contributed by atoms with Crippen LogP contribution in [0.4, 0.5) is 10.1 Å². The molecule has 9 heteroatoms. The first-order valence-corrected chi connectivity index (χ1v) is 5.95. The van der Waals surface area contributed by atoms with E-state index >= 15 is 0 Å². The molecule has 1 aromatic carbocycles. The summed E-state index contributed by atoms with van der Waals surface area (Å²) in [6.45, 7) is 1.39. The molecule has 0 radical (unpaired) electrons. The van der Waals surface area contributed by atoms with Gasteiger partial charge >= 0.3 is 11.6 Å². The molecular formula is C11H6Cl2FN3O3. The Labute approximate surface area is 122 Å². The zero-order valence-electron chi connectivity index (χ0n) is 9.93. The largest absolute Gasteiger partial charge is 0.433 e. The van der Waals surface area contributed by atoms with Gasteiger partial charge in [0.05, 0.1) is 9.95 Å². The molecule has 20 heavy (non-hydrogen) atoms. The average molecular weight is 318 g/mol. The molecule has 0 N–H and O–H groups in total. The molecule has 104 valence electrons. The fourth-order valence-electron chi connectivity index (χ4n) is 1.44. The summed E-state index contributed by atoms with van der Waals surface area (Å²) < 4.78 is 18.5. The molecular weight excluding hydrogens is 312 g/mol. The Bertz CT molecular complexity index is 697. The van der Waals surface area contributed by atoms with Crippen LogP contribution in [0.1, 0.15) is 5.69 Å². The van der Waals surface area contributed by atoms with E-state index in [-0.39, 0.29) is 27.6 Å². The van der Waals surface area contributed by atoms with E-state index in [4.69, 9.17) is 27.9 Å². The number of hydrogen-bond acceptors (Lipinski definition) is 5. The lowest BCUT2D eigenvalue weighted by atomic mass is 10.3. The molecule has 0 saturated heterocycles. The Morgan fingerprint density at radius 2 is 2.05 bits per heavy atom. The Morgan fingerprint density at radius 1 is 1.35 bits per heavy atom. The Hall–Kier alpha value is -1.99. The maximum absolute atomic E-state index is 13.3. The van der Waals surface area contributed by atoms with Crippen molar-refractivity contribution in [2.45, 2.75) is 6.92 Å². The summed E-state index contributed by atoms with van der Waals surface area (Å²) in [7, 11) is 0. The molecule has 0 amide bonds. The molecule has 0 unspecified atom stereocenters. The van der Waals surface area contributed by atoms with Crippen LogP contribution in [0.25, 0.3) is 0 Å². The van der Waals surface area contributed by atoms with Crippen LogP contribution in [0.5, 0.6) is 11.6 Å². The van der Waals surface area contributed by atoms with Crippen LogP contribution in [0.3, 0.4) is 0 Å². The SMILES string of the molecule is Cc1nc(Cl)nc(Oc2ccc(Cl)c(F)c2)c1[N+](=O)[O-]. The van der Waals surface area contributed by atoms with E-state index in [1.807, 2.05) is 0 Å². The van der Waals surface area contributed by atoms with Gasteiger partial charge in [0, 0.05) is 6.07 Å². The minimum Gasteiger partial charge on any atom is -0.433 e. The maximum Gasteiger partial charge on any atom is 0.352 e. The molecule has 0 spiro atoms. The summed E-state index contributed by atoms with van der Waals surface area (Å²) in [5.74, 6) is -1.08. The van der Waals surface area contributed by atoms with Crippen molar-refractivity contribution in [2.24, 2.45) is 0 Å². The first-order chi connectivity index (χ1) is 9.38. The molecule has 0 aliphatic carbocycles. The first-order valence-electron chi connectivity index (χ1n) is 5.20. The van der Waals surface area contributed by atoms with E-state index in [2.05, 4.69) is 9.97 Å².